The van der Waals surface area contributed by atoms with Crippen LogP contribution < -0.4 is 10.2 Å². The molecule has 4 aromatic rings. The number of hydrogen-bond donors (Lipinski definition) is 3. The number of halogens is 2. The lowest BCUT2D eigenvalue weighted by Gasteiger charge is -2.29. The number of aliphatic hydroxyl groups is 2. The molecule has 16 heteroatoms. The fourth-order valence-electron chi connectivity index (χ4n) is 6.13. The van der Waals surface area contributed by atoms with E-state index in [1.54, 1.807) is 31.5 Å². The number of nitrogens with one attached hydrogen (secondary N) is 1. The van der Waals surface area contributed by atoms with Crippen LogP contribution in [0.5, 0.6) is 0 Å². The largest absolute Gasteiger partial charge is 0.394 e. The molecule has 1 fully saturated rings. The number of sulfonamides is 1. The van der Waals surface area contributed by atoms with Crippen LogP contribution in [0, 0.1) is 0 Å². The number of aliphatic hydroxyl groups excluding tert-OH is 2. The molecular formula is C31H31Cl2N7O6S. The molecule has 3 N–H and O–H groups in total. The van der Waals surface area contributed by atoms with Gasteiger partial charge in [0.1, 0.15) is 17.9 Å². The molecule has 6 rings (SSSR count). The minimum absolute atomic E-state index is 0.0484. The SMILES string of the molecule is CC1(Cc2ccc(-c3cncnc3)cc2)C(=O)N(c2cc(Cl)cc(Cl)c2)c2ncc(S(=O)(=O)N3CCCC3C(=O)NC(CO)CO)n21. The maximum atomic E-state index is 14.5. The van der Waals surface area contributed by atoms with Crippen molar-refractivity contribution in [3.05, 3.63) is 83.0 Å². The minimum atomic E-state index is -4.41. The summed E-state index contributed by atoms with van der Waals surface area (Å²) >= 11 is 12.6. The fraction of sp³-hybridized carbons (Fsp3) is 0.323. The molecular weight excluding hydrogens is 669 g/mol. The maximum Gasteiger partial charge on any atom is 0.261 e. The summed E-state index contributed by atoms with van der Waals surface area (Å²) in [6.07, 6.45) is 6.73. The number of carbonyl (C=O) groups is 2. The molecule has 0 spiro atoms. The van der Waals surface area contributed by atoms with Gasteiger partial charge in [-0.1, -0.05) is 47.5 Å². The molecule has 0 bridgehead atoms. The van der Waals surface area contributed by atoms with Crippen molar-refractivity contribution < 1.29 is 28.2 Å². The van der Waals surface area contributed by atoms with Crippen molar-refractivity contribution >= 4 is 56.7 Å². The Hall–Kier alpha value is -3.92. The second kappa shape index (κ2) is 12.9. The highest BCUT2D eigenvalue weighted by atomic mass is 35.5. The maximum absolute atomic E-state index is 14.5. The van der Waals surface area contributed by atoms with Crippen LogP contribution in [0.25, 0.3) is 11.1 Å². The van der Waals surface area contributed by atoms with E-state index in [-0.39, 0.29) is 40.4 Å². The van der Waals surface area contributed by atoms with Crippen molar-refractivity contribution in [3.8, 4) is 11.1 Å². The molecule has 0 radical (unpaired) electrons. The Morgan fingerprint density at radius 2 is 1.70 bits per heavy atom. The average Bonchev–Trinajstić information content (AvgIpc) is 3.77. The topological polar surface area (TPSA) is 171 Å². The lowest BCUT2D eigenvalue weighted by Crippen LogP contribution is -2.51. The Kier molecular flexibility index (Phi) is 9.09. The summed E-state index contributed by atoms with van der Waals surface area (Å²) in [7, 11) is -4.41. The van der Waals surface area contributed by atoms with E-state index in [1.807, 2.05) is 24.3 Å². The lowest BCUT2D eigenvalue weighted by molar-refractivity contribution is -0.126. The van der Waals surface area contributed by atoms with Crippen molar-refractivity contribution in [2.24, 2.45) is 0 Å². The van der Waals surface area contributed by atoms with Gasteiger partial charge in [-0.2, -0.15) is 4.31 Å². The Morgan fingerprint density at radius 3 is 2.34 bits per heavy atom. The summed E-state index contributed by atoms with van der Waals surface area (Å²) in [5.41, 5.74) is 1.24. The van der Waals surface area contributed by atoms with Gasteiger partial charge in [0.2, 0.25) is 11.9 Å². The average molecular weight is 701 g/mol. The first kappa shape index (κ1) is 33.0. The van der Waals surface area contributed by atoms with E-state index < -0.39 is 52.7 Å². The molecule has 2 aliphatic heterocycles. The van der Waals surface area contributed by atoms with Crippen LogP contribution in [0.15, 0.2) is 72.4 Å². The van der Waals surface area contributed by atoms with Gasteiger partial charge in [0.15, 0.2) is 5.03 Å². The van der Waals surface area contributed by atoms with E-state index in [4.69, 9.17) is 23.2 Å². The lowest BCUT2D eigenvalue weighted by atomic mass is 9.91. The van der Waals surface area contributed by atoms with Crippen molar-refractivity contribution in [2.45, 2.75) is 48.8 Å². The van der Waals surface area contributed by atoms with Crippen LogP contribution in [-0.2, 0) is 31.6 Å². The van der Waals surface area contributed by atoms with E-state index >= 15 is 0 Å². The Morgan fingerprint density at radius 1 is 1.04 bits per heavy atom. The van der Waals surface area contributed by atoms with Gasteiger partial charge in [0.25, 0.3) is 15.9 Å². The number of amides is 2. The molecule has 1 saturated heterocycles. The molecule has 2 atom stereocenters. The predicted octanol–water partition coefficient (Wildman–Crippen LogP) is 2.91. The van der Waals surface area contributed by atoms with Gasteiger partial charge in [-0.3, -0.25) is 14.2 Å². The van der Waals surface area contributed by atoms with E-state index in [0.29, 0.717) is 12.1 Å². The Balaban J connectivity index is 1.42. The van der Waals surface area contributed by atoms with E-state index in [2.05, 4.69) is 20.3 Å². The number of aromatic nitrogens is 4. The second-order valence-electron chi connectivity index (χ2n) is 11.6. The third-order valence-electron chi connectivity index (χ3n) is 8.44. The first-order valence-electron chi connectivity index (χ1n) is 14.7. The van der Waals surface area contributed by atoms with E-state index in [9.17, 15) is 28.2 Å². The molecule has 2 amide bonds. The van der Waals surface area contributed by atoms with Crippen LogP contribution in [0.3, 0.4) is 0 Å². The molecule has 0 saturated carbocycles. The third-order valence-corrected chi connectivity index (χ3v) is 10.7. The normalized spacial score (nSPS) is 19.8. The van der Waals surface area contributed by atoms with Gasteiger partial charge in [-0.15, -0.1) is 0 Å². The van der Waals surface area contributed by atoms with Gasteiger partial charge in [0, 0.05) is 41.0 Å². The first-order chi connectivity index (χ1) is 22.5. The molecule has 2 aromatic heterocycles. The quantitative estimate of drug-likeness (QED) is 0.225. The van der Waals surface area contributed by atoms with Crippen LogP contribution >= 0.6 is 23.2 Å². The molecule has 13 nitrogen and oxygen atoms in total. The van der Waals surface area contributed by atoms with Crippen molar-refractivity contribution in [1.29, 1.82) is 0 Å². The molecule has 47 heavy (non-hydrogen) atoms. The smallest absolute Gasteiger partial charge is 0.261 e. The number of hydrogen-bond acceptors (Lipinski definition) is 9. The van der Waals surface area contributed by atoms with E-state index in [0.717, 1.165) is 21.0 Å². The van der Waals surface area contributed by atoms with Crippen molar-refractivity contribution in [1.82, 2.24) is 29.1 Å². The number of imidazole rings is 1. The van der Waals surface area contributed by atoms with Gasteiger partial charge in [-0.25, -0.2) is 28.3 Å². The summed E-state index contributed by atoms with van der Waals surface area (Å²) in [5, 5.41) is 21.7. The minimum Gasteiger partial charge on any atom is -0.394 e. The molecule has 4 heterocycles. The Bertz CT molecular complexity index is 1900. The molecule has 246 valence electrons. The van der Waals surface area contributed by atoms with Crippen molar-refractivity contribution in [3.63, 3.8) is 0 Å². The molecule has 2 aromatic carbocycles. The van der Waals surface area contributed by atoms with Crippen LogP contribution in [-0.4, -0.2) is 86.1 Å². The summed E-state index contributed by atoms with van der Waals surface area (Å²) < 4.78 is 31.3. The van der Waals surface area contributed by atoms with Gasteiger partial charge in [0.05, 0.1) is 31.1 Å². The van der Waals surface area contributed by atoms with Crippen LogP contribution in [0.4, 0.5) is 11.6 Å². The highest BCUT2D eigenvalue weighted by Crippen LogP contribution is 2.45. The highest BCUT2D eigenvalue weighted by molar-refractivity contribution is 7.89. The van der Waals surface area contributed by atoms with Gasteiger partial charge < -0.3 is 15.5 Å². The zero-order valence-corrected chi connectivity index (χ0v) is 27.5. The number of nitrogens with zero attached hydrogens (tertiary/aromatic N) is 6. The Labute approximate surface area is 280 Å². The number of benzene rings is 2. The number of anilines is 2. The summed E-state index contributed by atoms with van der Waals surface area (Å²) in [4.78, 5) is 41.4. The second-order valence-corrected chi connectivity index (χ2v) is 14.3. The molecule has 0 aliphatic carbocycles. The fourth-order valence-corrected chi connectivity index (χ4v) is 8.49. The number of carbonyl (C=O) groups excluding carboxylic acids is 2. The van der Waals surface area contributed by atoms with Crippen molar-refractivity contribution in [2.75, 3.05) is 24.7 Å². The highest BCUT2D eigenvalue weighted by Gasteiger charge is 2.53. The number of rotatable bonds is 10. The standard InChI is InChI=1S/C31H31Cl2N7O6S/c1-31(12-19-4-6-20(7-5-19)21-13-34-18-35-14-21)29(44)39(25-10-22(32)9-23(33)11-25)30-36-15-27(40(30)31)47(45,46)38-8-2-3-26(38)28(43)37-24(16-41)17-42/h4-7,9-11,13-15,18,24,26,41-42H,2-3,8,12,16-17H2,1H3,(H,37,43). The molecule has 2 unspecified atom stereocenters. The van der Waals surface area contributed by atoms with Gasteiger partial charge in [-0.05, 0) is 49.1 Å². The predicted molar refractivity (Wildman–Crippen MR) is 174 cm³/mol. The van der Waals surface area contributed by atoms with E-state index in [1.165, 1.54) is 28.1 Å². The third kappa shape index (κ3) is 6.01. The number of fused-ring (bicyclic) bond motifs is 1. The monoisotopic (exact) mass is 699 g/mol. The summed E-state index contributed by atoms with van der Waals surface area (Å²) in [5.74, 6) is -1.05. The summed E-state index contributed by atoms with van der Waals surface area (Å²) in [6.45, 7) is 0.669. The zero-order chi connectivity index (χ0) is 33.5. The van der Waals surface area contributed by atoms with Crippen LogP contribution in [0.1, 0.15) is 25.3 Å². The molecule has 2 aliphatic rings. The summed E-state index contributed by atoms with van der Waals surface area (Å²) in [6, 6.07) is 10.0. The van der Waals surface area contributed by atoms with Crippen LogP contribution in [0.2, 0.25) is 10.0 Å². The van der Waals surface area contributed by atoms with Gasteiger partial charge >= 0.3 is 0 Å². The zero-order valence-electron chi connectivity index (χ0n) is 25.1. The first-order valence-corrected chi connectivity index (χ1v) is 16.9.